The molecular weight excluding hydrogens is 282 g/mol. The molecule has 6 heteroatoms. The minimum absolute atomic E-state index is 0.171. The van der Waals surface area contributed by atoms with Gasteiger partial charge in [0.1, 0.15) is 4.21 Å². The summed E-state index contributed by atoms with van der Waals surface area (Å²) in [7, 11) is -3.17. The highest BCUT2D eigenvalue weighted by Crippen LogP contribution is 2.21. The zero-order valence-corrected chi connectivity index (χ0v) is 11.9. The second-order valence-corrected chi connectivity index (χ2v) is 7.45. The normalized spacial score (nSPS) is 11.2. The van der Waals surface area contributed by atoms with Crippen molar-refractivity contribution in [2.75, 3.05) is 6.26 Å². The zero-order valence-electron chi connectivity index (χ0n) is 10.3. The van der Waals surface area contributed by atoms with Gasteiger partial charge in [0.15, 0.2) is 9.84 Å². The number of thiophene rings is 1. The molecule has 0 fully saturated rings. The molecule has 0 saturated carbocycles. The van der Waals surface area contributed by atoms with Gasteiger partial charge >= 0.3 is 0 Å². The third-order valence-electron chi connectivity index (χ3n) is 2.46. The SMILES string of the molecule is CS(=O)(=O)c1ccc(CNC(=O)c2ccccc2)s1. The van der Waals surface area contributed by atoms with E-state index >= 15 is 0 Å². The van der Waals surface area contributed by atoms with Crippen LogP contribution in [0.15, 0.2) is 46.7 Å². The van der Waals surface area contributed by atoms with Crippen LogP contribution in [0.4, 0.5) is 0 Å². The molecule has 1 aromatic carbocycles. The maximum Gasteiger partial charge on any atom is 0.251 e. The Balaban J connectivity index is 2.00. The van der Waals surface area contributed by atoms with Crippen molar-refractivity contribution in [1.29, 1.82) is 0 Å². The average molecular weight is 295 g/mol. The summed E-state index contributed by atoms with van der Waals surface area (Å²) in [5.74, 6) is -0.171. The van der Waals surface area contributed by atoms with Crippen LogP contribution in [0.5, 0.6) is 0 Å². The summed E-state index contributed by atoms with van der Waals surface area (Å²) in [6.45, 7) is 0.327. The molecule has 4 nitrogen and oxygen atoms in total. The molecule has 1 amide bonds. The van der Waals surface area contributed by atoms with Gasteiger partial charge in [-0.05, 0) is 24.3 Å². The maximum atomic E-state index is 11.8. The van der Waals surface area contributed by atoms with E-state index in [0.29, 0.717) is 16.3 Å². The molecule has 0 spiro atoms. The van der Waals surface area contributed by atoms with Crippen molar-refractivity contribution in [3.05, 3.63) is 52.9 Å². The Morgan fingerprint density at radius 1 is 1.16 bits per heavy atom. The molecule has 0 bridgehead atoms. The molecular formula is C13H13NO3S2. The number of sulfone groups is 1. The van der Waals surface area contributed by atoms with Crippen LogP contribution in [0.2, 0.25) is 0 Å². The molecule has 0 radical (unpaired) electrons. The Labute approximate surface area is 116 Å². The summed E-state index contributed by atoms with van der Waals surface area (Å²) in [6, 6.07) is 12.2. The summed E-state index contributed by atoms with van der Waals surface area (Å²) >= 11 is 1.17. The van der Waals surface area contributed by atoms with E-state index in [1.54, 1.807) is 36.4 Å². The predicted octanol–water partition coefficient (Wildman–Crippen LogP) is 2.08. The Bertz CT molecular complexity index is 675. The lowest BCUT2D eigenvalue weighted by molar-refractivity contribution is 0.0951. The van der Waals surface area contributed by atoms with Crippen molar-refractivity contribution in [3.63, 3.8) is 0 Å². The van der Waals surface area contributed by atoms with Crippen molar-refractivity contribution in [3.8, 4) is 0 Å². The fraction of sp³-hybridized carbons (Fsp3) is 0.154. The van der Waals surface area contributed by atoms with Crippen LogP contribution in [0, 0.1) is 0 Å². The number of benzene rings is 1. The number of hydrogen-bond acceptors (Lipinski definition) is 4. The highest BCUT2D eigenvalue weighted by Gasteiger charge is 2.11. The number of hydrogen-bond donors (Lipinski definition) is 1. The largest absolute Gasteiger partial charge is 0.347 e. The van der Waals surface area contributed by atoms with Gasteiger partial charge in [-0.1, -0.05) is 18.2 Å². The molecule has 100 valence electrons. The highest BCUT2D eigenvalue weighted by atomic mass is 32.2. The van der Waals surface area contributed by atoms with Crippen molar-refractivity contribution in [2.24, 2.45) is 0 Å². The highest BCUT2D eigenvalue weighted by molar-refractivity contribution is 7.92. The van der Waals surface area contributed by atoms with Crippen molar-refractivity contribution < 1.29 is 13.2 Å². The van der Waals surface area contributed by atoms with Gasteiger partial charge in [-0.15, -0.1) is 11.3 Å². The van der Waals surface area contributed by atoms with E-state index in [4.69, 9.17) is 0 Å². The number of rotatable bonds is 4. The van der Waals surface area contributed by atoms with Gasteiger partial charge in [-0.25, -0.2) is 8.42 Å². The third-order valence-corrected chi connectivity index (χ3v) is 5.37. The van der Waals surface area contributed by atoms with E-state index in [1.165, 1.54) is 17.6 Å². The first-order chi connectivity index (χ1) is 8.97. The summed E-state index contributed by atoms with van der Waals surface area (Å²) in [4.78, 5) is 12.6. The van der Waals surface area contributed by atoms with E-state index < -0.39 is 9.84 Å². The first-order valence-corrected chi connectivity index (χ1v) is 8.29. The fourth-order valence-corrected chi connectivity index (χ4v) is 3.43. The summed E-state index contributed by atoms with van der Waals surface area (Å²) in [5, 5.41) is 2.76. The smallest absolute Gasteiger partial charge is 0.251 e. The molecule has 0 unspecified atom stereocenters. The molecule has 0 aliphatic heterocycles. The van der Waals surface area contributed by atoms with Gasteiger partial charge < -0.3 is 5.32 Å². The fourth-order valence-electron chi connectivity index (χ4n) is 1.51. The van der Waals surface area contributed by atoms with E-state index in [-0.39, 0.29) is 5.91 Å². The Kier molecular flexibility index (Phi) is 4.01. The van der Waals surface area contributed by atoms with Gasteiger partial charge in [0.05, 0.1) is 6.54 Å². The average Bonchev–Trinajstić information content (AvgIpc) is 2.86. The van der Waals surface area contributed by atoms with Crippen LogP contribution >= 0.6 is 11.3 Å². The molecule has 2 aromatic rings. The minimum atomic E-state index is -3.17. The minimum Gasteiger partial charge on any atom is -0.347 e. The van der Waals surface area contributed by atoms with E-state index in [9.17, 15) is 13.2 Å². The standard InChI is InChI=1S/C13H13NO3S2/c1-19(16,17)12-8-7-11(18-12)9-14-13(15)10-5-3-2-4-6-10/h2-8H,9H2,1H3,(H,14,15). The lowest BCUT2D eigenvalue weighted by Crippen LogP contribution is -2.22. The van der Waals surface area contributed by atoms with Crippen LogP contribution < -0.4 is 5.32 Å². The number of nitrogens with one attached hydrogen (secondary N) is 1. The molecule has 0 aliphatic carbocycles. The topological polar surface area (TPSA) is 63.2 Å². The number of carbonyl (C=O) groups is 1. The summed E-state index contributed by atoms with van der Waals surface area (Å²) in [5.41, 5.74) is 0.586. The van der Waals surface area contributed by atoms with Crippen molar-refractivity contribution >= 4 is 27.1 Å². The molecule has 1 N–H and O–H groups in total. The van der Waals surface area contributed by atoms with Crippen LogP contribution in [0.1, 0.15) is 15.2 Å². The van der Waals surface area contributed by atoms with Crippen LogP contribution in [0.3, 0.4) is 0 Å². The van der Waals surface area contributed by atoms with Gasteiger partial charge in [0, 0.05) is 16.7 Å². The maximum absolute atomic E-state index is 11.8. The molecule has 0 saturated heterocycles. The zero-order chi connectivity index (χ0) is 13.9. The van der Waals surface area contributed by atoms with Crippen LogP contribution in [0.25, 0.3) is 0 Å². The van der Waals surface area contributed by atoms with Crippen LogP contribution in [-0.2, 0) is 16.4 Å². The predicted molar refractivity (Wildman–Crippen MR) is 75.0 cm³/mol. The van der Waals surface area contributed by atoms with Gasteiger partial charge in [0.25, 0.3) is 5.91 Å². The quantitative estimate of drug-likeness (QED) is 0.939. The molecule has 0 aliphatic rings. The molecule has 19 heavy (non-hydrogen) atoms. The van der Waals surface area contributed by atoms with Gasteiger partial charge in [0.2, 0.25) is 0 Å². The lowest BCUT2D eigenvalue weighted by Gasteiger charge is -2.03. The van der Waals surface area contributed by atoms with Gasteiger partial charge in [-0.2, -0.15) is 0 Å². The Morgan fingerprint density at radius 3 is 2.42 bits per heavy atom. The van der Waals surface area contributed by atoms with Crippen molar-refractivity contribution in [1.82, 2.24) is 5.32 Å². The molecule has 2 rings (SSSR count). The number of amides is 1. The van der Waals surface area contributed by atoms with Gasteiger partial charge in [-0.3, -0.25) is 4.79 Å². The Hall–Kier alpha value is -1.66. The van der Waals surface area contributed by atoms with Crippen molar-refractivity contribution in [2.45, 2.75) is 10.8 Å². The van der Waals surface area contributed by atoms with E-state index in [2.05, 4.69) is 5.32 Å². The second kappa shape index (κ2) is 5.54. The summed E-state index contributed by atoms with van der Waals surface area (Å²) < 4.78 is 23.0. The molecule has 0 atom stereocenters. The van der Waals surface area contributed by atoms with E-state index in [0.717, 1.165) is 4.88 Å². The third kappa shape index (κ3) is 3.65. The summed E-state index contributed by atoms with van der Waals surface area (Å²) in [6.07, 6.45) is 1.17. The molecule has 1 heterocycles. The Morgan fingerprint density at radius 2 is 1.84 bits per heavy atom. The van der Waals surface area contributed by atoms with E-state index in [1.807, 2.05) is 6.07 Å². The first-order valence-electron chi connectivity index (χ1n) is 5.59. The lowest BCUT2D eigenvalue weighted by atomic mass is 10.2. The molecule has 1 aromatic heterocycles. The first kappa shape index (κ1) is 13.8. The number of carbonyl (C=O) groups excluding carboxylic acids is 1. The monoisotopic (exact) mass is 295 g/mol. The second-order valence-electron chi connectivity index (χ2n) is 4.04. The van der Waals surface area contributed by atoms with Crippen LogP contribution in [-0.4, -0.2) is 20.6 Å².